The van der Waals surface area contributed by atoms with Crippen molar-refractivity contribution in [3.63, 3.8) is 0 Å². The van der Waals surface area contributed by atoms with E-state index in [0.717, 1.165) is 33.5 Å². The highest BCUT2D eigenvalue weighted by Gasteiger charge is 2.18. The fourth-order valence-corrected chi connectivity index (χ4v) is 3.62. The van der Waals surface area contributed by atoms with Gasteiger partial charge < -0.3 is 18.9 Å². The van der Waals surface area contributed by atoms with Gasteiger partial charge in [0.25, 0.3) is 5.91 Å². The van der Waals surface area contributed by atoms with Crippen LogP contribution < -0.4 is 9.47 Å². The molecular weight excluding hydrogens is 380 g/mol. The van der Waals surface area contributed by atoms with Gasteiger partial charge in [-0.1, -0.05) is 41.6 Å². The van der Waals surface area contributed by atoms with Gasteiger partial charge in [-0.3, -0.25) is 4.79 Å². The number of carbonyl (C=O) groups excluding carboxylic acids is 1. The second kappa shape index (κ2) is 7.55. The Labute approximate surface area is 173 Å². The quantitative estimate of drug-likeness (QED) is 0.503. The highest BCUT2D eigenvalue weighted by atomic mass is 16.6. The molecule has 0 spiro atoms. The molecule has 1 aromatic heterocycles. The highest BCUT2D eigenvalue weighted by Crippen LogP contribution is 2.32. The van der Waals surface area contributed by atoms with Crippen molar-refractivity contribution in [1.29, 1.82) is 0 Å². The molecule has 0 bridgehead atoms. The van der Waals surface area contributed by atoms with E-state index in [9.17, 15) is 4.79 Å². The van der Waals surface area contributed by atoms with Crippen molar-refractivity contribution in [2.45, 2.75) is 6.54 Å². The molecule has 0 radical (unpaired) electrons. The van der Waals surface area contributed by atoms with Crippen LogP contribution in [0.2, 0.25) is 0 Å². The molecule has 1 aliphatic rings. The van der Waals surface area contributed by atoms with Gasteiger partial charge >= 0.3 is 0 Å². The number of ether oxygens (including phenoxy) is 2. The Morgan fingerprint density at radius 3 is 2.60 bits per heavy atom. The van der Waals surface area contributed by atoms with Crippen LogP contribution in [0.4, 0.5) is 0 Å². The Balaban J connectivity index is 1.40. The van der Waals surface area contributed by atoms with Gasteiger partial charge in [0.05, 0.1) is 5.39 Å². The van der Waals surface area contributed by atoms with Crippen LogP contribution in [0.5, 0.6) is 11.5 Å². The lowest BCUT2D eigenvalue weighted by Gasteiger charge is -2.21. The van der Waals surface area contributed by atoms with Crippen LogP contribution in [0.1, 0.15) is 15.9 Å². The molecular formula is C24H20N2O4. The van der Waals surface area contributed by atoms with Gasteiger partial charge in [-0.15, -0.1) is 0 Å². The lowest BCUT2D eigenvalue weighted by Crippen LogP contribution is -2.26. The van der Waals surface area contributed by atoms with Crippen molar-refractivity contribution in [2.24, 2.45) is 0 Å². The number of nitrogens with zero attached hydrogens (tertiary/aromatic N) is 2. The molecule has 5 rings (SSSR count). The lowest BCUT2D eigenvalue weighted by atomic mass is 10.1. The van der Waals surface area contributed by atoms with Gasteiger partial charge in [-0.05, 0) is 35.9 Å². The molecule has 1 aliphatic heterocycles. The van der Waals surface area contributed by atoms with E-state index < -0.39 is 0 Å². The second-order valence-electron chi connectivity index (χ2n) is 7.25. The molecule has 0 N–H and O–H groups in total. The molecule has 6 heteroatoms. The summed E-state index contributed by atoms with van der Waals surface area (Å²) in [6.07, 6.45) is 0. The summed E-state index contributed by atoms with van der Waals surface area (Å²) in [6, 6.07) is 21.0. The number of hydrogen-bond donors (Lipinski definition) is 0. The molecule has 0 atom stereocenters. The minimum Gasteiger partial charge on any atom is -0.486 e. The zero-order valence-corrected chi connectivity index (χ0v) is 16.5. The minimum atomic E-state index is -0.0769. The predicted octanol–water partition coefficient (Wildman–Crippen LogP) is 4.54. The maximum atomic E-state index is 13.1. The van der Waals surface area contributed by atoms with E-state index in [0.29, 0.717) is 31.1 Å². The summed E-state index contributed by atoms with van der Waals surface area (Å²) in [6.45, 7) is 1.55. The van der Waals surface area contributed by atoms with E-state index >= 15 is 0 Å². The summed E-state index contributed by atoms with van der Waals surface area (Å²) in [5, 5.41) is 4.94. The Morgan fingerprint density at radius 2 is 1.77 bits per heavy atom. The fraction of sp³-hybridized carbons (Fsp3) is 0.167. The molecule has 1 amide bonds. The van der Waals surface area contributed by atoms with Crippen LogP contribution in [0, 0.1) is 0 Å². The first-order valence-electron chi connectivity index (χ1n) is 9.78. The summed E-state index contributed by atoms with van der Waals surface area (Å²) < 4.78 is 16.7. The number of benzene rings is 3. The van der Waals surface area contributed by atoms with Crippen LogP contribution >= 0.6 is 0 Å². The molecule has 150 valence electrons. The van der Waals surface area contributed by atoms with Gasteiger partial charge in [0.1, 0.15) is 18.7 Å². The first-order chi connectivity index (χ1) is 14.7. The molecule has 4 aromatic rings. The Kier molecular flexibility index (Phi) is 4.59. The number of carbonyl (C=O) groups is 1. The van der Waals surface area contributed by atoms with Gasteiger partial charge in [0, 0.05) is 24.7 Å². The maximum absolute atomic E-state index is 13.1. The first kappa shape index (κ1) is 18.2. The molecule has 0 saturated carbocycles. The standard InChI is InChI=1S/C24H20N2O4/c1-26(15-16-7-10-21-22(13-16)29-12-11-28-21)24(27)18-8-9-20-19(14-18)23(30-25-20)17-5-3-2-4-6-17/h2-10,13-14H,11-12,15H2,1H3. The summed E-state index contributed by atoms with van der Waals surface area (Å²) in [4.78, 5) is 14.8. The first-order valence-corrected chi connectivity index (χ1v) is 9.78. The smallest absolute Gasteiger partial charge is 0.253 e. The average molecular weight is 400 g/mol. The molecule has 2 heterocycles. The van der Waals surface area contributed by atoms with E-state index in [1.165, 1.54) is 0 Å². The summed E-state index contributed by atoms with van der Waals surface area (Å²) >= 11 is 0. The van der Waals surface area contributed by atoms with E-state index in [4.69, 9.17) is 14.0 Å². The van der Waals surface area contributed by atoms with E-state index in [2.05, 4.69) is 5.16 Å². The van der Waals surface area contributed by atoms with Crippen molar-refractivity contribution in [1.82, 2.24) is 10.1 Å². The Bertz CT molecular complexity index is 1220. The van der Waals surface area contributed by atoms with Gasteiger partial charge in [-0.2, -0.15) is 0 Å². The molecule has 0 saturated heterocycles. The zero-order chi connectivity index (χ0) is 20.5. The maximum Gasteiger partial charge on any atom is 0.253 e. The van der Waals surface area contributed by atoms with Crippen molar-refractivity contribution >= 4 is 16.8 Å². The summed E-state index contributed by atoms with van der Waals surface area (Å²) in [5.74, 6) is 2.05. The van der Waals surface area contributed by atoms with Crippen molar-refractivity contribution in [3.05, 3.63) is 77.9 Å². The largest absolute Gasteiger partial charge is 0.486 e. The number of hydrogen-bond acceptors (Lipinski definition) is 5. The Morgan fingerprint density at radius 1 is 0.967 bits per heavy atom. The normalized spacial score (nSPS) is 12.7. The predicted molar refractivity (Wildman–Crippen MR) is 113 cm³/mol. The Hall–Kier alpha value is -3.80. The van der Waals surface area contributed by atoms with Crippen LogP contribution in [0.25, 0.3) is 22.2 Å². The van der Waals surface area contributed by atoms with E-state index in [-0.39, 0.29) is 5.91 Å². The third-order valence-electron chi connectivity index (χ3n) is 5.13. The molecule has 0 fully saturated rings. The minimum absolute atomic E-state index is 0.0769. The molecule has 0 unspecified atom stereocenters. The van der Waals surface area contributed by atoms with E-state index in [1.54, 1.807) is 18.0 Å². The third kappa shape index (κ3) is 3.37. The number of amides is 1. The van der Waals surface area contributed by atoms with Crippen molar-refractivity contribution < 1.29 is 18.8 Å². The van der Waals surface area contributed by atoms with E-state index in [1.807, 2.05) is 60.7 Å². The SMILES string of the molecule is CN(Cc1ccc2c(c1)OCCO2)C(=O)c1ccc2noc(-c3ccccc3)c2c1. The molecule has 0 aliphatic carbocycles. The third-order valence-corrected chi connectivity index (χ3v) is 5.13. The van der Waals surface area contributed by atoms with Gasteiger partial charge in [0.2, 0.25) is 0 Å². The molecule has 3 aromatic carbocycles. The van der Waals surface area contributed by atoms with Crippen LogP contribution in [0.15, 0.2) is 71.3 Å². The van der Waals surface area contributed by atoms with Gasteiger partial charge in [0.15, 0.2) is 17.3 Å². The molecule has 6 nitrogen and oxygen atoms in total. The van der Waals surface area contributed by atoms with Crippen molar-refractivity contribution in [2.75, 3.05) is 20.3 Å². The van der Waals surface area contributed by atoms with Crippen LogP contribution in [-0.4, -0.2) is 36.2 Å². The molecule has 30 heavy (non-hydrogen) atoms. The fourth-order valence-electron chi connectivity index (χ4n) is 3.62. The second-order valence-corrected chi connectivity index (χ2v) is 7.25. The monoisotopic (exact) mass is 400 g/mol. The van der Waals surface area contributed by atoms with Crippen LogP contribution in [-0.2, 0) is 6.54 Å². The number of fused-ring (bicyclic) bond motifs is 2. The summed E-state index contributed by atoms with van der Waals surface area (Å²) in [7, 11) is 1.79. The zero-order valence-electron chi connectivity index (χ0n) is 16.5. The average Bonchev–Trinajstić information content (AvgIpc) is 3.22. The number of rotatable bonds is 4. The highest BCUT2D eigenvalue weighted by molar-refractivity contribution is 6.00. The van der Waals surface area contributed by atoms with Crippen LogP contribution in [0.3, 0.4) is 0 Å². The summed E-state index contributed by atoms with van der Waals surface area (Å²) in [5.41, 5.74) is 3.21. The van der Waals surface area contributed by atoms with Gasteiger partial charge in [-0.25, -0.2) is 0 Å². The number of aromatic nitrogens is 1. The topological polar surface area (TPSA) is 64.8 Å². The van der Waals surface area contributed by atoms with Crippen molar-refractivity contribution in [3.8, 4) is 22.8 Å². The lowest BCUT2D eigenvalue weighted by molar-refractivity contribution is 0.0785.